The van der Waals surface area contributed by atoms with Crippen LogP contribution in [0.2, 0.25) is 0 Å². The van der Waals surface area contributed by atoms with Crippen molar-refractivity contribution < 1.29 is 28.6 Å². The fraction of sp³-hybridized carbons (Fsp3) is 0.819. The van der Waals surface area contributed by atoms with Gasteiger partial charge in [0.05, 0.1) is 0 Å². The maximum absolute atomic E-state index is 12.9. The number of esters is 3. The Morgan fingerprint density at radius 1 is 0.256 bits per heavy atom. The van der Waals surface area contributed by atoms with Crippen molar-refractivity contribution >= 4 is 17.9 Å². The van der Waals surface area contributed by atoms with E-state index in [-0.39, 0.29) is 31.1 Å². The molecule has 0 aliphatic heterocycles. The molecule has 0 radical (unpaired) electrons. The Morgan fingerprint density at radius 3 is 0.731 bits per heavy atom. The van der Waals surface area contributed by atoms with Crippen LogP contribution in [0.4, 0.5) is 0 Å². The van der Waals surface area contributed by atoms with Crippen LogP contribution in [0.15, 0.2) is 60.8 Å². The van der Waals surface area contributed by atoms with Crippen molar-refractivity contribution in [3.05, 3.63) is 60.8 Å². The third-order valence-electron chi connectivity index (χ3n) is 15.2. The van der Waals surface area contributed by atoms with E-state index in [1.54, 1.807) is 0 Å². The summed E-state index contributed by atoms with van der Waals surface area (Å²) in [4.78, 5) is 38.4. The average Bonchev–Trinajstić information content (AvgIpc) is 3.44. The van der Waals surface area contributed by atoms with Gasteiger partial charge in [-0.15, -0.1) is 0 Å². The standard InChI is InChI=1S/C72H130O6/c1-4-7-10-13-16-19-22-25-28-31-33-34-35-36-37-38-39-42-44-47-50-53-56-59-62-65-71(74)77-68-69(67-76-70(73)64-61-58-55-52-49-46-43-40-30-27-24-21-18-15-12-9-6-3)78-72(75)66-63-60-57-54-51-48-45-41-32-29-26-23-20-17-14-11-8-5-2/h20,22-23,25,29,31-33,35-36,69H,4-19,21,24,26-28,30,34,37-68H2,1-3H3/b23-20-,25-22-,32-29-,33-31-,36-35-. The summed E-state index contributed by atoms with van der Waals surface area (Å²) in [7, 11) is 0. The lowest BCUT2D eigenvalue weighted by molar-refractivity contribution is -0.167. The van der Waals surface area contributed by atoms with E-state index in [2.05, 4.69) is 81.5 Å². The number of allylic oxidation sites excluding steroid dienone is 10. The summed E-state index contributed by atoms with van der Waals surface area (Å²) in [6.07, 6.45) is 85.1. The zero-order valence-electron chi connectivity index (χ0n) is 52.2. The highest BCUT2D eigenvalue weighted by Crippen LogP contribution is 2.17. The normalized spacial score (nSPS) is 12.4. The Hall–Kier alpha value is -2.89. The number of carbonyl (C=O) groups is 3. The summed E-state index contributed by atoms with van der Waals surface area (Å²) < 4.78 is 17.0. The average molecular weight is 1090 g/mol. The number of unbranched alkanes of at least 4 members (excludes halogenated alkanes) is 42. The highest BCUT2D eigenvalue weighted by Gasteiger charge is 2.19. The molecule has 0 aliphatic rings. The van der Waals surface area contributed by atoms with E-state index in [1.165, 1.54) is 238 Å². The van der Waals surface area contributed by atoms with Crippen LogP contribution in [0.25, 0.3) is 0 Å². The molecule has 6 nitrogen and oxygen atoms in total. The Morgan fingerprint density at radius 2 is 0.462 bits per heavy atom. The molecule has 0 saturated carbocycles. The Kier molecular flexibility index (Phi) is 64.2. The minimum Gasteiger partial charge on any atom is -0.462 e. The first-order valence-corrected chi connectivity index (χ1v) is 34.3. The van der Waals surface area contributed by atoms with Gasteiger partial charge in [-0.25, -0.2) is 0 Å². The second-order valence-electron chi connectivity index (χ2n) is 23.1. The smallest absolute Gasteiger partial charge is 0.306 e. The van der Waals surface area contributed by atoms with Gasteiger partial charge < -0.3 is 14.2 Å². The SMILES string of the molecule is CCCCCC/C=C\C/C=C\CCCCCCCCCC(=O)OC(COC(=O)CCCCCCCCCCCC/C=C\C/C=C\C/C=C\CCCCCCC)COC(=O)CCCCCCCCCCCCCCCCCCC. The minimum absolute atomic E-state index is 0.0749. The summed E-state index contributed by atoms with van der Waals surface area (Å²) in [5.74, 6) is -0.864. The van der Waals surface area contributed by atoms with Crippen molar-refractivity contribution in [3.8, 4) is 0 Å². The molecular weight excluding hydrogens is 961 g/mol. The van der Waals surface area contributed by atoms with Crippen LogP contribution in [0.3, 0.4) is 0 Å². The summed E-state index contributed by atoms with van der Waals surface area (Å²) in [6.45, 7) is 6.66. The maximum atomic E-state index is 12.9. The zero-order chi connectivity index (χ0) is 56.4. The van der Waals surface area contributed by atoms with Crippen molar-refractivity contribution in [2.75, 3.05) is 13.2 Å². The van der Waals surface area contributed by atoms with Gasteiger partial charge in [-0.1, -0.05) is 313 Å². The molecule has 0 aromatic carbocycles. The highest BCUT2D eigenvalue weighted by molar-refractivity contribution is 5.71. The Balaban J connectivity index is 4.33. The van der Waals surface area contributed by atoms with Crippen molar-refractivity contribution in [2.24, 2.45) is 0 Å². The Bertz CT molecular complexity index is 1390. The second-order valence-corrected chi connectivity index (χ2v) is 23.1. The van der Waals surface area contributed by atoms with Gasteiger partial charge >= 0.3 is 17.9 Å². The van der Waals surface area contributed by atoms with Crippen molar-refractivity contribution in [2.45, 2.75) is 367 Å². The van der Waals surface area contributed by atoms with Crippen LogP contribution in [0.5, 0.6) is 0 Å². The van der Waals surface area contributed by atoms with Crippen LogP contribution in [-0.2, 0) is 28.6 Å². The first-order chi connectivity index (χ1) is 38.5. The fourth-order valence-corrected chi connectivity index (χ4v) is 10.1. The van der Waals surface area contributed by atoms with Gasteiger partial charge in [-0.3, -0.25) is 14.4 Å². The fourth-order valence-electron chi connectivity index (χ4n) is 10.1. The quantitative estimate of drug-likeness (QED) is 0.0261. The van der Waals surface area contributed by atoms with Crippen LogP contribution in [0.1, 0.15) is 361 Å². The topological polar surface area (TPSA) is 78.9 Å². The van der Waals surface area contributed by atoms with E-state index in [9.17, 15) is 14.4 Å². The first-order valence-electron chi connectivity index (χ1n) is 34.3. The molecule has 0 saturated heterocycles. The highest BCUT2D eigenvalue weighted by atomic mass is 16.6. The lowest BCUT2D eigenvalue weighted by atomic mass is 10.0. The van der Waals surface area contributed by atoms with E-state index in [1.807, 2.05) is 0 Å². The van der Waals surface area contributed by atoms with E-state index < -0.39 is 6.10 Å². The number of hydrogen-bond donors (Lipinski definition) is 0. The maximum Gasteiger partial charge on any atom is 0.306 e. The third kappa shape index (κ3) is 63.9. The van der Waals surface area contributed by atoms with Crippen LogP contribution in [0, 0.1) is 0 Å². The third-order valence-corrected chi connectivity index (χ3v) is 15.2. The van der Waals surface area contributed by atoms with E-state index >= 15 is 0 Å². The number of ether oxygens (including phenoxy) is 3. The minimum atomic E-state index is -0.780. The largest absolute Gasteiger partial charge is 0.462 e. The van der Waals surface area contributed by atoms with Crippen molar-refractivity contribution in [1.29, 1.82) is 0 Å². The molecule has 1 atom stereocenters. The van der Waals surface area contributed by atoms with Crippen LogP contribution in [-0.4, -0.2) is 37.2 Å². The molecule has 6 heteroatoms. The van der Waals surface area contributed by atoms with E-state index in [0.717, 1.165) is 83.5 Å². The number of carbonyl (C=O) groups excluding carboxylic acids is 3. The van der Waals surface area contributed by atoms with E-state index in [4.69, 9.17) is 14.2 Å². The molecule has 1 unspecified atom stereocenters. The summed E-state index contributed by atoms with van der Waals surface area (Å²) >= 11 is 0. The molecule has 0 aromatic rings. The van der Waals surface area contributed by atoms with Crippen molar-refractivity contribution in [3.63, 3.8) is 0 Å². The lowest BCUT2D eigenvalue weighted by Gasteiger charge is -2.18. The molecule has 0 aliphatic carbocycles. The van der Waals surface area contributed by atoms with Gasteiger partial charge in [-0.05, 0) is 89.9 Å². The molecule has 0 amide bonds. The summed E-state index contributed by atoms with van der Waals surface area (Å²) in [5, 5.41) is 0. The van der Waals surface area contributed by atoms with E-state index in [0.29, 0.717) is 19.3 Å². The van der Waals surface area contributed by atoms with Gasteiger partial charge in [0.1, 0.15) is 13.2 Å². The first kappa shape index (κ1) is 75.1. The molecular formula is C72H130O6. The van der Waals surface area contributed by atoms with Gasteiger partial charge in [0, 0.05) is 19.3 Å². The van der Waals surface area contributed by atoms with Gasteiger partial charge in [0.15, 0.2) is 6.10 Å². The van der Waals surface area contributed by atoms with Gasteiger partial charge in [0.25, 0.3) is 0 Å². The molecule has 78 heavy (non-hydrogen) atoms. The predicted molar refractivity (Wildman–Crippen MR) is 339 cm³/mol. The second kappa shape index (κ2) is 66.6. The van der Waals surface area contributed by atoms with Gasteiger partial charge in [-0.2, -0.15) is 0 Å². The molecule has 0 spiro atoms. The lowest BCUT2D eigenvalue weighted by Crippen LogP contribution is -2.30. The molecule has 0 aromatic heterocycles. The van der Waals surface area contributed by atoms with Crippen LogP contribution >= 0.6 is 0 Å². The molecule has 0 heterocycles. The van der Waals surface area contributed by atoms with Gasteiger partial charge in [0.2, 0.25) is 0 Å². The monoisotopic (exact) mass is 1090 g/mol. The molecule has 454 valence electrons. The summed E-state index contributed by atoms with van der Waals surface area (Å²) in [5.41, 5.74) is 0. The van der Waals surface area contributed by atoms with Crippen molar-refractivity contribution in [1.82, 2.24) is 0 Å². The number of rotatable bonds is 63. The predicted octanol–water partition coefficient (Wildman–Crippen LogP) is 23.5. The molecule has 0 fully saturated rings. The number of hydrogen-bond acceptors (Lipinski definition) is 6. The van der Waals surface area contributed by atoms with Crippen LogP contribution < -0.4 is 0 Å². The molecule has 0 bridgehead atoms. The summed E-state index contributed by atoms with van der Waals surface area (Å²) in [6, 6.07) is 0. The molecule has 0 N–H and O–H groups in total. The zero-order valence-corrected chi connectivity index (χ0v) is 52.2. The Labute approximate surface area is 485 Å². The molecule has 0 rings (SSSR count).